The second kappa shape index (κ2) is 5.31. The number of allylic oxidation sites excluding steroid dienone is 1. The Labute approximate surface area is 82.8 Å². The molecule has 0 aliphatic heterocycles. The molecule has 1 saturated carbocycles. The second-order valence-corrected chi connectivity index (χ2v) is 4.00. The average molecular weight is 181 g/mol. The van der Waals surface area contributed by atoms with E-state index in [0.717, 1.165) is 19.0 Å². The highest BCUT2D eigenvalue weighted by atomic mass is 15.2. The molecule has 1 nitrogen and oxygen atoms in total. The maximum atomic E-state index is 4.15. The Hall–Kier alpha value is -0.460. The third-order valence-corrected chi connectivity index (χ3v) is 3.17. The van der Waals surface area contributed by atoms with E-state index in [0.29, 0.717) is 0 Å². The van der Waals surface area contributed by atoms with Crippen LogP contribution in [0.25, 0.3) is 0 Å². The van der Waals surface area contributed by atoms with Crippen molar-refractivity contribution >= 4 is 0 Å². The normalized spacial score (nSPS) is 18.6. The number of hydrogen-bond donors (Lipinski definition) is 0. The summed E-state index contributed by atoms with van der Waals surface area (Å²) in [5, 5.41) is 0. The molecule has 0 heterocycles. The SMILES string of the molecule is C=C(CC)N(CC)C1CCCCC1. The van der Waals surface area contributed by atoms with Crippen molar-refractivity contribution in [1.82, 2.24) is 4.90 Å². The average Bonchev–Trinajstić information content (AvgIpc) is 2.20. The van der Waals surface area contributed by atoms with Gasteiger partial charge in [0.2, 0.25) is 0 Å². The van der Waals surface area contributed by atoms with E-state index in [1.54, 1.807) is 0 Å². The predicted octanol–water partition coefficient (Wildman–Crippen LogP) is 3.56. The van der Waals surface area contributed by atoms with Gasteiger partial charge in [-0.15, -0.1) is 0 Å². The number of rotatable bonds is 4. The van der Waals surface area contributed by atoms with Crippen LogP contribution >= 0.6 is 0 Å². The second-order valence-electron chi connectivity index (χ2n) is 4.00. The van der Waals surface area contributed by atoms with Crippen LogP contribution in [0, 0.1) is 0 Å². The van der Waals surface area contributed by atoms with E-state index < -0.39 is 0 Å². The largest absolute Gasteiger partial charge is 0.373 e. The molecule has 1 aliphatic rings. The molecule has 0 N–H and O–H groups in total. The Morgan fingerprint density at radius 1 is 1.23 bits per heavy atom. The van der Waals surface area contributed by atoms with E-state index in [9.17, 15) is 0 Å². The Balaban J connectivity index is 2.48. The molecule has 0 atom stereocenters. The van der Waals surface area contributed by atoms with Crippen molar-refractivity contribution in [1.29, 1.82) is 0 Å². The molecule has 0 amide bonds. The molecule has 1 rings (SSSR count). The maximum Gasteiger partial charge on any atom is 0.0286 e. The molecule has 0 aromatic rings. The van der Waals surface area contributed by atoms with Crippen LogP contribution in [0.2, 0.25) is 0 Å². The van der Waals surface area contributed by atoms with Crippen LogP contribution in [-0.4, -0.2) is 17.5 Å². The van der Waals surface area contributed by atoms with Gasteiger partial charge in [0.15, 0.2) is 0 Å². The molecule has 76 valence electrons. The zero-order valence-corrected chi connectivity index (χ0v) is 9.18. The van der Waals surface area contributed by atoms with Gasteiger partial charge in [-0.2, -0.15) is 0 Å². The molecule has 1 heteroatoms. The first-order valence-electron chi connectivity index (χ1n) is 5.74. The molecule has 0 spiro atoms. The van der Waals surface area contributed by atoms with Crippen LogP contribution in [-0.2, 0) is 0 Å². The Morgan fingerprint density at radius 3 is 2.31 bits per heavy atom. The molecular formula is C12H23N. The maximum absolute atomic E-state index is 4.15. The van der Waals surface area contributed by atoms with Crippen LogP contribution in [0.4, 0.5) is 0 Å². The van der Waals surface area contributed by atoms with Gasteiger partial charge in [0, 0.05) is 18.3 Å². The van der Waals surface area contributed by atoms with Gasteiger partial charge in [-0.25, -0.2) is 0 Å². The lowest BCUT2D eigenvalue weighted by molar-refractivity contribution is 0.204. The molecule has 0 radical (unpaired) electrons. The minimum atomic E-state index is 0.797. The summed E-state index contributed by atoms with van der Waals surface area (Å²) < 4.78 is 0. The zero-order valence-electron chi connectivity index (χ0n) is 9.18. The number of nitrogens with zero attached hydrogens (tertiary/aromatic N) is 1. The fraction of sp³-hybridized carbons (Fsp3) is 0.833. The van der Waals surface area contributed by atoms with Crippen molar-refractivity contribution in [3.63, 3.8) is 0 Å². The lowest BCUT2D eigenvalue weighted by Gasteiger charge is -2.36. The lowest BCUT2D eigenvalue weighted by Crippen LogP contribution is -2.35. The van der Waals surface area contributed by atoms with Crippen molar-refractivity contribution in [2.45, 2.75) is 58.4 Å². The van der Waals surface area contributed by atoms with Crippen LogP contribution in [0.15, 0.2) is 12.3 Å². The van der Waals surface area contributed by atoms with Gasteiger partial charge in [-0.1, -0.05) is 32.8 Å². The van der Waals surface area contributed by atoms with E-state index >= 15 is 0 Å². The lowest BCUT2D eigenvalue weighted by atomic mass is 9.94. The molecule has 13 heavy (non-hydrogen) atoms. The summed E-state index contributed by atoms with van der Waals surface area (Å²) in [5.41, 5.74) is 1.33. The molecule has 0 unspecified atom stereocenters. The molecule has 0 bridgehead atoms. The molecule has 0 aromatic carbocycles. The topological polar surface area (TPSA) is 3.24 Å². The molecule has 0 saturated heterocycles. The fourth-order valence-electron chi connectivity index (χ4n) is 2.34. The van der Waals surface area contributed by atoms with Gasteiger partial charge in [0.05, 0.1) is 0 Å². The fourth-order valence-corrected chi connectivity index (χ4v) is 2.34. The minimum Gasteiger partial charge on any atom is -0.373 e. The van der Waals surface area contributed by atoms with Crippen molar-refractivity contribution in [2.75, 3.05) is 6.54 Å². The number of hydrogen-bond acceptors (Lipinski definition) is 1. The Kier molecular flexibility index (Phi) is 4.34. The third kappa shape index (κ3) is 2.75. The minimum absolute atomic E-state index is 0.797. The summed E-state index contributed by atoms with van der Waals surface area (Å²) in [6, 6.07) is 0.797. The smallest absolute Gasteiger partial charge is 0.0286 e. The summed E-state index contributed by atoms with van der Waals surface area (Å²) >= 11 is 0. The highest BCUT2D eigenvalue weighted by Gasteiger charge is 2.19. The van der Waals surface area contributed by atoms with Crippen molar-refractivity contribution < 1.29 is 0 Å². The molecule has 0 aromatic heterocycles. The van der Waals surface area contributed by atoms with E-state index in [1.165, 1.54) is 37.8 Å². The van der Waals surface area contributed by atoms with E-state index in [2.05, 4.69) is 25.3 Å². The highest BCUT2D eigenvalue weighted by molar-refractivity contribution is 4.96. The van der Waals surface area contributed by atoms with Crippen LogP contribution in [0.5, 0.6) is 0 Å². The van der Waals surface area contributed by atoms with Crippen molar-refractivity contribution in [2.24, 2.45) is 0 Å². The van der Waals surface area contributed by atoms with Gasteiger partial charge in [0.1, 0.15) is 0 Å². The van der Waals surface area contributed by atoms with Crippen LogP contribution in [0.3, 0.4) is 0 Å². The van der Waals surface area contributed by atoms with E-state index in [1.807, 2.05) is 0 Å². The zero-order chi connectivity index (χ0) is 9.68. The summed E-state index contributed by atoms with van der Waals surface area (Å²) in [7, 11) is 0. The first kappa shape index (κ1) is 10.6. The first-order chi connectivity index (χ1) is 6.29. The van der Waals surface area contributed by atoms with Crippen molar-refractivity contribution in [3.05, 3.63) is 12.3 Å². The monoisotopic (exact) mass is 181 g/mol. The summed E-state index contributed by atoms with van der Waals surface area (Å²) in [6.45, 7) is 9.73. The van der Waals surface area contributed by atoms with Crippen LogP contribution < -0.4 is 0 Å². The molecule has 1 fully saturated rings. The van der Waals surface area contributed by atoms with Gasteiger partial charge in [-0.3, -0.25) is 0 Å². The summed E-state index contributed by atoms with van der Waals surface area (Å²) in [4.78, 5) is 2.51. The van der Waals surface area contributed by atoms with Gasteiger partial charge in [-0.05, 0) is 26.2 Å². The molecular weight excluding hydrogens is 158 g/mol. The summed E-state index contributed by atoms with van der Waals surface area (Å²) in [6.07, 6.45) is 8.13. The highest BCUT2D eigenvalue weighted by Crippen LogP contribution is 2.25. The molecule has 1 aliphatic carbocycles. The van der Waals surface area contributed by atoms with Gasteiger partial charge < -0.3 is 4.90 Å². The Morgan fingerprint density at radius 2 is 1.85 bits per heavy atom. The van der Waals surface area contributed by atoms with Gasteiger partial charge >= 0.3 is 0 Å². The quantitative estimate of drug-likeness (QED) is 0.641. The first-order valence-corrected chi connectivity index (χ1v) is 5.74. The van der Waals surface area contributed by atoms with E-state index in [4.69, 9.17) is 0 Å². The predicted molar refractivity (Wildman–Crippen MR) is 58.7 cm³/mol. The van der Waals surface area contributed by atoms with Crippen molar-refractivity contribution in [3.8, 4) is 0 Å². The third-order valence-electron chi connectivity index (χ3n) is 3.17. The van der Waals surface area contributed by atoms with Gasteiger partial charge in [0.25, 0.3) is 0 Å². The van der Waals surface area contributed by atoms with Crippen LogP contribution in [0.1, 0.15) is 52.4 Å². The standard InChI is InChI=1S/C12H23N/c1-4-11(3)13(5-2)12-9-7-6-8-10-12/h12H,3-10H2,1-2H3. The Bertz CT molecular complexity index is 157. The summed E-state index contributed by atoms with van der Waals surface area (Å²) in [5.74, 6) is 0. The van der Waals surface area contributed by atoms with E-state index in [-0.39, 0.29) is 0 Å².